The minimum absolute atomic E-state index is 0.0668. The highest BCUT2D eigenvalue weighted by atomic mass is 32.2. The molecule has 7 nitrogen and oxygen atoms in total. The predicted molar refractivity (Wildman–Crippen MR) is 110 cm³/mol. The van der Waals surface area contributed by atoms with Crippen LogP contribution in [0.4, 0.5) is 9.18 Å². The van der Waals surface area contributed by atoms with Crippen LogP contribution in [0.3, 0.4) is 0 Å². The Balaban J connectivity index is 1.52. The second kappa shape index (κ2) is 9.35. The molecule has 31 heavy (non-hydrogen) atoms. The van der Waals surface area contributed by atoms with Gasteiger partial charge in [0.25, 0.3) is 0 Å². The van der Waals surface area contributed by atoms with Gasteiger partial charge in [0.05, 0.1) is 13.2 Å². The van der Waals surface area contributed by atoms with Crippen LogP contribution in [0.25, 0.3) is 0 Å². The maximum atomic E-state index is 13.3. The van der Waals surface area contributed by atoms with Crippen LogP contribution in [0.15, 0.2) is 59.5 Å². The zero-order chi connectivity index (χ0) is 22.0. The number of halogens is 1. The third-order valence-electron chi connectivity index (χ3n) is 5.17. The van der Waals surface area contributed by atoms with Gasteiger partial charge in [-0.05, 0) is 29.8 Å². The van der Waals surface area contributed by atoms with Gasteiger partial charge in [-0.3, -0.25) is 4.79 Å². The number of hydrogen-bond acceptors (Lipinski definition) is 7. The Morgan fingerprint density at radius 2 is 1.90 bits per heavy atom. The van der Waals surface area contributed by atoms with Gasteiger partial charge in [0.2, 0.25) is 5.91 Å². The van der Waals surface area contributed by atoms with Gasteiger partial charge >= 0.3 is 6.09 Å². The molecule has 1 N–H and O–H groups in total. The highest BCUT2D eigenvalue weighted by Crippen LogP contribution is 2.40. The van der Waals surface area contributed by atoms with Crippen LogP contribution in [-0.2, 0) is 25.6 Å². The highest BCUT2D eigenvalue weighted by Gasteiger charge is 2.57. The van der Waals surface area contributed by atoms with Gasteiger partial charge < -0.3 is 19.3 Å². The van der Waals surface area contributed by atoms with E-state index in [1.165, 1.54) is 30.8 Å². The normalized spacial score (nSPS) is 27.6. The number of aliphatic hydroxyl groups is 1. The number of amides is 2. The van der Waals surface area contributed by atoms with Crippen molar-refractivity contribution >= 4 is 23.8 Å². The topological polar surface area (TPSA) is 85.3 Å². The van der Waals surface area contributed by atoms with Gasteiger partial charge in [-0.15, -0.1) is 0 Å². The number of carbonyl (C=O) groups excluding carboxylic acids is 2. The van der Waals surface area contributed by atoms with Crippen molar-refractivity contribution in [2.24, 2.45) is 0 Å². The van der Waals surface area contributed by atoms with Crippen LogP contribution in [0.1, 0.15) is 12.5 Å². The van der Waals surface area contributed by atoms with Crippen LogP contribution in [-0.4, -0.2) is 58.4 Å². The molecule has 0 bridgehead atoms. The lowest BCUT2D eigenvalue weighted by atomic mass is 9.98. The summed E-state index contributed by atoms with van der Waals surface area (Å²) in [6.07, 6.45) is -3.71. The van der Waals surface area contributed by atoms with Crippen molar-refractivity contribution in [1.29, 1.82) is 0 Å². The van der Waals surface area contributed by atoms with Crippen molar-refractivity contribution in [3.8, 4) is 0 Å². The van der Waals surface area contributed by atoms with Crippen LogP contribution >= 0.6 is 11.8 Å². The van der Waals surface area contributed by atoms with Crippen LogP contribution in [0.2, 0.25) is 0 Å². The van der Waals surface area contributed by atoms with Gasteiger partial charge in [-0.2, -0.15) is 0 Å². The van der Waals surface area contributed by atoms with E-state index < -0.39 is 41.8 Å². The standard InChI is InChI=1S/C22H22FNO6S/c1-13(25)24-18-20(30-22(24)27)19(26)17(12-28-11-14-5-3-2-4-6-14)29-21(18)31-16-9-7-15(23)8-10-16/h2-10,17-21,26H,11-12H2,1H3/t17-,18-,19-,20-,21-/m1/s1. The number of imide groups is 1. The van der Waals surface area contributed by atoms with E-state index in [9.17, 15) is 19.1 Å². The average Bonchev–Trinajstić information content (AvgIpc) is 3.11. The molecule has 2 aromatic rings. The summed E-state index contributed by atoms with van der Waals surface area (Å²) >= 11 is 1.23. The van der Waals surface area contributed by atoms with Gasteiger partial charge in [0.15, 0.2) is 6.10 Å². The number of rotatable bonds is 6. The molecule has 2 saturated heterocycles. The lowest BCUT2D eigenvalue weighted by molar-refractivity contribution is -0.171. The van der Waals surface area contributed by atoms with Gasteiger partial charge in [0, 0.05) is 11.8 Å². The molecular formula is C22H22FNO6S. The Morgan fingerprint density at radius 3 is 2.58 bits per heavy atom. The molecule has 0 saturated carbocycles. The van der Waals surface area contributed by atoms with Gasteiger partial charge in [-0.25, -0.2) is 14.1 Å². The van der Waals surface area contributed by atoms with Crippen molar-refractivity contribution in [3.05, 3.63) is 66.0 Å². The van der Waals surface area contributed by atoms with Crippen molar-refractivity contribution in [3.63, 3.8) is 0 Å². The number of thioether (sulfide) groups is 1. The lowest BCUT2D eigenvalue weighted by Crippen LogP contribution is -2.60. The van der Waals surface area contributed by atoms with Crippen LogP contribution in [0, 0.1) is 5.82 Å². The van der Waals surface area contributed by atoms with Crippen molar-refractivity contribution in [2.75, 3.05) is 6.61 Å². The molecule has 2 fully saturated rings. The summed E-state index contributed by atoms with van der Waals surface area (Å²) in [5.41, 5.74) is 0.248. The molecule has 5 atom stereocenters. The van der Waals surface area contributed by atoms with E-state index >= 15 is 0 Å². The molecule has 9 heteroatoms. The minimum Gasteiger partial charge on any atom is -0.441 e. The highest BCUT2D eigenvalue weighted by molar-refractivity contribution is 7.99. The number of carbonyl (C=O) groups is 2. The second-order valence-corrected chi connectivity index (χ2v) is 8.51. The summed E-state index contributed by atoms with van der Waals surface area (Å²) in [7, 11) is 0. The van der Waals surface area contributed by atoms with Crippen molar-refractivity contribution in [2.45, 2.75) is 48.2 Å². The summed E-state index contributed by atoms with van der Waals surface area (Å²) in [5.74, 6) is -0.879. The Labute approximate surface area is 183 Å². The third-order valence-corrected chi connectivity index (χ3v) is 6.34. The summed E-state index contributed by atoms with van der Waals surface area (Å²) in [4.78, 5) is 26.0. The third kappa shape index (κ3) is 4.74. The zero-order valence-electron chi connectivity index (χ0n) is 16.7. The molecule has 0 spiro atoms. The first-order chi connectivity index (χ1) is 14.9. The fourth-order valence-electron chi connectivity index (χ4n) is 3.69. The molecule has 2 amide bonds. The summed E-state index contributed by atoms with van der Waals surface area (Å²) in [5, 5.41) is 10.8. The van der Waals surface area contributed by atoms with E-state index in [2.05, 4.69) is 0 Å². The summed E-state index contributed by atoms with van der Waals surface area (Å²) in [6.45, 7) is 1.65. The van der Waals surface area contributed by atoms with E-state index in [0.717, 1.165) is 10.5 Å². The van der Waals surface area contributed by atoms with E-state index in [1.807, 2.05) is 30.3 Å². The molecule has 0 radical (unpaired) electrons. The first-order valence-corrected chi connectivity index (χ1v) is 10.7. The van der Waals surface area contributed by atoms with E-state index in [1.54, 1.807) is 12.1 Å². The van der Waals surface area contributed by atoms with E-state index in [-0.39, 0.29) is 12.4 Å². The second-order valence-electron chi connectivity index (χ2n) is 7.33. The SMILES string of the molecule is CC(=O)N1C(=O)O[C@H]2[C@H](O)[C@@H](COCc3ccccc3)O[C@H](Sc3ccc(F)cc3)[C@@H]21. The molecule has 164 valence electrons. The number of ether oxygens (including phenoxy) is 3. The molecule has 4 rings (SSSR count). The van der Waals surface area contributed by atoms with Gasteiger partial charge in [-0.1, -0.05) is 42.1 Å². The number of hydrogen-bond donors (Lipinski definition) is 1. The fraction of sp³-hybridized carbons (Fsp3) is 0.364. The number of aliphatic hydroxyl groups excluding tert-OH is 1. The lowest BCUT2D eigenvalue weighted by Gasteiger charge is -2.41. The monoisotopic (exact) mass is 447 g/mol. The minimum atomic E-state index is -1.17. The Bertz CT molecular complexity index is 927. The predicted octanol–water partition coefficient (Wildman–Crippen LogP) is 2.96. The maximum Gasteiger partial charge on any atom is 0.417 e. The molecule has 2 aromatic carbocycles. The average molecular weight is 447 g/mol. The van der Waals surface area contributed by atoms with E-state index in [4.69, 9.17) is 14.2 Å². The van der Waals surface area contributed by atoms with Crippen LogP contribution < -0.4 is 0 Å². The molecule has 0 aromatic heterocycles. The maximum absolute atomic E-state index is 13.3. The van der Waals surface area contributed by atoms with E-state index in [0.29, 0.717) is 11.5 Å². The Kier molecular flexibility index (Phi) is 6.57. The fourth-order valence-corrected chi connectivity index (χ4v) is 4.87. The number of nitrogens with zero attached hydrogens (tertiary/aromatic N) is 1. The summed E-state index contributed by atoms with van der Waals surface area (Å²) < 4.78 is 30.4. The first kappa shape index (κ1) is 21.8. The summed E-state index contributed by atoms with van der Waals surface area (Å²) in [6, 6.07) is 14.5. The largest absolute Gasteiger partial charge is 0.441 e. The molecule has 0 aliphatic carbocycles. The molecule has 2 aliphatic heterocycles. The zero-order valence-corrected chi connectivity index (χ0v) is 17.5. The Morgan fingerprint density at radius 1 is 1.19 bits per heavy atom. The molecule has 2 aliphatic rings. The number of fused-ring (bicyclic) bond motifs is 1. The molecule has 0 unspecified atom stereocenters. The van der Waals surface area contributed by atoms with Crippen molar-refractivity contribution in [1.82, 2.24) is 4.90 Å². The molecule has 2 heterocycles. The quantitative estimate of drug-likeness (QED) is 0.729. The molecular weight excluding hydrogens is 425 g/mol. The number of benzene rings is 2. The van der Waals surface area contributed by atoms with Crippen LogP contribution in [0.5, 0.6) is 0 Å². The smallest absolute Gasteiger partial charge is 0.417 e. The Hall–Kier alpha value is -2.46. The first-order valence-electron chi connectivity index (χ1n) is 9.82. The van der Waals surface area contributed by atoms with Gasteiger partial charge in [0.1, 0.15) is 29.5 Å². The van der Waals surface area contributed by atoms with Crippen molar-refractivity contribution < 1.29 is 33.3 Å².